The van der Waals surface area contributed by atoms with Crippen LogP contribution in [0.25, 0.3) is 0 Å². The van der Waals surface area contributed by atoms with Crippen LogP contribution in [0.3, 0.4) is 0 Å². The molecule has 3 rings (SSSR count). The zero-order valence-corrected chi connectivity index (χ0v) is 19.0. The molecule has 0 N–H and O–H groups in total. The molecule has 0 aliphatic heterocycles. The average molecular weight is 419 g/mol. The van der Waals surface area contributed by atoms with Gasteiger partial charge in [0.25, 0.3) is 0 Å². The van der Waals surface area contributed by atoms with Crippen molar-refractivity contribution in [3.8, 4) is 0 Å². The Bertz CT molecular complexity index is 644. The van der Waals surface area contributed by atoms with E-state index in [4.69, 9.17) is 0 Å². The van der Waals surface area contributed by atoms with Crippen LogP contribution in [0.5, 0.6) is 0 Å². The molecule has 0 unspecified atom stereocenters. The number of ketones is 1. The van der Waals surface area contributed by atoms with Crippen molar-refractivity contribution in [3.05, 3.63) is 35.4 Å². The maximum Gasteiger partial charge on any atom is 0.307 e. The minimum Gasteiger partial charge on any atom is -0.287 e. The molecule has 30 heavy (non-hydrogen) atoms. The molecule has 0 radical (unpaired) electrons. The Labute approximate surface area is 182 Å². The summed E-state index contributed by atoms with van der Waals surface area (Å²) < 4.78 is 26.5. The maximum absolute atomic E-state index is 13.2. The van der Waals surface area contributed by atoms with Crippen LogP contribution in [0.4, 0.5) is 8.78 Å². The third-order valence-electron chi connectivity index (χ3n) is 7.84. The Morgan fingerprint density at radius 1 is 0.867 bits per heavy atom. The summed E-state index contributed by atoms with van der Waals surface area (Å²) in [5.41, 5.74) is 1.33. The van der Waals surface area contributed by atoms with Crippen LogP contribution in [0, 0.1) is 17.8 Å². The van der Waals surface area contributed by atoms with E-state index in [9.17, 15) is 13.6 Å². The van der Waals surface area contributed by atoms with E-state index in [1.807, 2.05) is 12.1 Å². The van der Waals surface area contributed by atoms with Gasteiger partial charge < -0.3 is 0 Å². The molecule has 2 fully saturated rings. The van der Waals surface area contributed by atoms with Gasteiger partial charge in [0.15, 0.2) is 0 Å². The van der Waals surface area contributed by atoms with Gasteiger partial charge in [0.2, 0.25) is 5.78 Å². The highest BCUT2D eigenvalue weighted by Gasteiger charge is 2.34. The third-order valence-corrected chi connectivity index (χ3v) is 7.84. The van der Waals surface area contributed by atoms with E-state index < -0.39 is 11.7 Å². The van der Waals surface area contributed by atoms with Crippen LogP contribution in [0.1, 0.15) is 119 Å². The van der Waals surface area contributed by atoms with E-state index in [2.05, 4.69) is 6.92 Å². The fourth-order valence-electron chi connectivity index (χ4n) is 5.89. The van der Waals surface area contributed by atoms with E-state index in [0.29, 0.717) is 12.8 Å². The van der Waals surface area contributed by atoms with E-state index in [0.717, 1.165) is 17.8 Å². The highest BCUT2D eigenvalue weighted by molar-refractivity contribution is 6.01. The molecule has 0 spiro atoms. The molecule has 3 heteroatoms. The molecule has 0 atom stereocenters. The maximum atomic E-state index is 13.2. The van der Waals surface area contributed by atoms with Gasteiger partial charge in [-0.25, -0.2) is 0 Å². The van der Waals surface area contributed by atoms with Crippen molar-refractivity contribution >= 4 is 5.78 Å². The molecule has 0 bridgehead atoms. The number of hydrogen-bond donors (Lipinski definition) is 0. The number of hydrogen-bond acceptors (Lipinski definition) is 1. The highest BCUT2D eigenvalue weighted by atomic mass is 19.3. The zero-order valence-electron chi connectivity index (χ0n) is 19.0. The van der Waals surface area contributed by atoms with Crippen LogP contribution in [0.2, 0.25) is 0 Å². The van der Waals surface area contributed by atoms with Gasteiger partial charge in [0, 0.05) is 12.5 Å². The van der Waals surface area contributed by atoms with Crippen molar-refractivity contribution in [2.45, 2.75) is 109 Å². The summed E-state index contributed by atoms with van der Waals surface area (Å²) in [6.45, 7) is 2.95. The summed E-state index contributed by atoms with van der Waals surface area (Å²) in [6.07, 6.45) is 17.7. The van der Waals surface area contributed by atoms with Crippen LogP contribution < -0.4 is 0 Å². The molecule has 0 saturated heterocycles. The standard InChI is InChI=1S/C27H40F2O/c1-3-4-5-6-7-20-8-10-21(11-9-20)22-12-14-23(15-13-22)24-16-18-25(19-17-24)26(30)27(2,28)29/h16-23H,3-15H2,1-2H3. The van der Waals surface area contributed by atoms with Crippen LogP contribution in [0.15, 0.2) is 24.3 Å². The first-order valence-corrected chi connectivity index (χ1v) is 12.4. The lowest BCUT2D eigenvalue weighted by Crippen LogP contribution is -2.25. The number of unbranched alkanes of at least 4 members (excludes halogenated alkanes) is 3. The monoisotopic (exact) mass is 418 g/mol. The van der Waals surface area contributed by atoms with Gasteiger partial charge in [0.05, 0.1) is 0 Å². The second kappa shape index (κ2) is 10.9. The van der Waals surface area contributed by atoms with Crippen LogP contribution >= 0.6 is 0 Å². The summed E-state index contributed by atoms with van der Waals surface area (Å²) in [4.78, 5) is 11.7. The van der Waals surface area contributed by atoms with Crippen molar-refractivity contribution in [1.29, 1.82) is 0 Å². The molecule has 1 aromatic carbocycles. The lowest BCUT2D eigenvalue weighted by molar-refractivity contribution is 0.0221. The molecule has 1 nitrogen and oxygen atoms in total. The normalized spacial score (nSPS) is 27.7. The van der Waals surface area contributed by atoms with Crippen LogP contribution in [-0.2, 0) is 0 Å². The van der Waals surface area contributed by atoms with Gasteiger partial charge in [-0.3, -0.25) is 4.79 Å². The first kappa shape index (κ1) is 23.4. The zero-order chi connectivity index (χ0) is 21.6. The molecule has 0 heterocycles. The summed E-state index contributed by atoms with van der Waals surface area (Å²) in [7, 11) is 0. The third kappa shape index (κ3) is 6.37. The molecule has 2 aliphatic carbocycles. The Hall–Kier alpha value is -1.25. The fourth-order valence-corrected chi connectivity index (χ4v) is 5.89. The van der Waals surface area contributed by atoms with Crippen molar-refractivity contribution in [2.75, 3.05) is 0 Å². The SMILES string of the molecule is CCCCCCC1CCC(C2CCC(c3ccc(C(=O)C(C)(F)F)cc3)CC2)CC1. The molecule has 1 aromatic rings. The van der Waals surface area contributed by atoms with Crippen molar-refractivity contribution in [2.24, 2.45) is 17.8 Å². The molecule has 0 amide bonds. The molecular formula is C27H40F2O. The Morgan fingerprint density at radius 2 is 1.43 bits per heavy atom. The minimum absolute atomic E-state index is 0.117. The van der Waals surface area contributed by atoms with E-state index in [1.54, 1.807) is 12.1 Å². The fraction of sp³-hybridized carbons (Fsp3) is 0.741. The average Bonchev–Trinajstić information content (AvgIpc) is 2.76. The van der Waals surface area contributed by atoms with Gasteiger partial charge in [-0.1, -0.05) is 76.1 Å². The number of carbonyl (C=O) groups excluding carboxylic acids is 1. The molecule has 0 aromatic heterocycles. The number of alkyl halides is 2. The van der Waals surface area contributed by atoms with E-state index in [1.165, 1.54) is 89.0 Å². The molecule has 168 valence electrons. The number of rotatable bonds is 9. The number of carbonyl (C=O) groups is 1. The summed E-state index contributed by atoms with van der Waals surface area (Å²) in [5.74, 6) is -1.09. The van der Waals surface area contributed by atoms with Gasteiger partial charge in [-0.05, 0) is 67.8 Å². The Kier molecular flexibility index (Phi) is 8.48. The topological polar surface area (TPSA) is 17.1 Å². The predicted molar refractivity (Wildman–Crippen MR) is 120 cm³/mol. The highest BCUT2D eigenvalue weighted by Crippen LogP contribution is 2.44. The van der Waals surface area contributed by atoms with Gasteiger partial charge >= 0.3 is 5.92 Å². The molecular weight excluding hydrogens is 378 g/mol. The lowest BCUT2D eigenvalue weighted by atomic mass is 9.68. The lowest BCUT2D eigenvalue weighted by Gasteiger charge is -2.38. The van der Waals surface area contributed by atoms with E-state index >= 15 is 0 Å². The minimum atomic E-state index is -3.30. The summed E-state index contributed by atoms with van der Waals surface area (Å²) in [5, 5.41) is 0. The number of Topliss-reactive ketones (excluding diaryl/α,β-unsaturated/α-hetero) is 1. The van der Waals surface area contributed by atoms with Crippen molar-refractivity contribution < 1.29 is 13.6 Å². The predicted octanol–water partition coefficient (Wildman–Crippen LogP) is 8.58. The second-order valence-electron chi connectivity index (χ2n) is 10.1. The van der Waals surface area contributed by atoms with Crippen LogP contribution in [-0.4, -0.2) is 11.7 Å². The summed E-state index contributed by atoms with van der Waals surface area (Å²) >= 11 is 0. The Balaban J connectivity index is 1.42. The number of halogens is 2. The first-order valence-electron chi connectivity index (χ1n) is 12.4. The van der Waals surface area contributed by atoms with Gasteiger partial charge in [0.1, 0.15) is 0 Å². The van der Waals surface area contributed by atoms with Gasteiger partial charge in [-0.15, -0.1) is 0 Å². The quantitative estimate of drug-likeness (QED) is 0.290. The Morgan fingerprint density at radius 3 is 1.97 bits per heavy atom. The second-order valence-corrected chi connectivity index (χ2v) is 10.1. The van der Waals surface area contributed by atoms with Crippen molar-refractivity contribution in [1.82, 2.24) is 0 Å². The summed E-state index contributed by atoms with van der Waals surface area (Å²) in [6, 6.07) is 6.97. The molecule has 2 aliphatic rings. The van der Waals surface area contributed by atoms with E-state index in [-0.39, 0.29) is 5.56 Å². The number of benzene rings is 1. The first-order chi connectivity index (χ1) is 14.4. The molecule has 2 saturated carbocycles. The smallest absolute Gasteiger partial charge is 0.287 e. The van der Waals surface area contributed by atoms with Gasteiger partial charge in [-0.2, -0.15) is 8.78 Å². The van der Waals surface area contributed by atoms with Crippen molar-refractivity contribution in [3.63, 3.8) is 0 Å². The largest absolute Gasteiger partial charge is 0.307 e.